The molecule has 6 nitrogen and oxygen atoms in total. The van der Waals surface area contributed by atoms with Gasteiger partial charge in [0.15, 0.2) is 6.54 Å². The molecule has 18 heavy (non-hydrogen) atoms. The second-order valence-corrected chi connectivity index (χ2v) is 6.15. The maximum absolute atomic E-state index is 12.1. The Bertz CT molecular complexity index is 387. The first kappa shape index (κ1) is 14.8. The predicted molar refractivity (Wildman–Crippen MR) is 70.7 cm³/mol. The van der Waals surface area contributed by atoms with E-state index in [1.165, 1.54) is 16.3 Å². The quantitative estimate of drug-likeness (QED) is 0.740. The Morgan fingerprint density at radius 1 is 1.50 bits per heavy atom. The monoisotopic (exact) mass is 274 g/mol. The number of nitrogens with zero attached hydrogens (tertiary/aromatic N) is 2. The number of ether oxygens (including phenoxy) is 1. The Labute approximate surface area is 111 Å². The third-order valence-corrected chi connectivity index (χ3v) is 3.32. The van der Waals surface area contributed by atoms with Gasteiger partial charge in [-0.2, -0.15) is 4.79 Å². The number of thioether (sulfide) groups is 1. The number of hydrogen-bond acceptors (Lipinski definition) is 4. The molecule has 0 aromatic rings. The van der Waals surface area contributed by atoms with Crippen molar-refractivity contribution in [2.24, 2.45) is 5.73 Å². The summed E-state index contributed by atoms with van der Waals surface area (Å²) in [4.78, 5) is 25.1. The van der Waals surface area contributed by atoms with Crippen LogP contribution in [0, 0.1) is 0 Å². The molecule has 7 heteroatoms. The maximum atomic E-state index is 12.1. The lowest BCUT2D eigenvalue weighted by atomic mass is 10.2. The van der Waals surface area contributed by atoms with E-state index in [0.29, 0.717) is 5.17 Å². The third-order valence-electron chi connectivity index (χ3n) is 2.14. The number of carbonyl (C=O) groups excluding carboxylic acids is 2. The summed E-state index contributed by atoms with van der Waals surface area (Å²) in [5, 5.41) is 0.711. The lowest BCUT2D eigenvalue weighted by Crippen LogP contribution is -2.41. The highest BCUT2D eigenvalue weighted by Crippen LogP contribution is 2.17. The molecule has 1 fully saturated rings. The number of amidine groups is 1. The van der Waals surface area contributed by atoms with E-state index in [1.54, 1.807) is 20.8 Å². The molecule has 0 bridgehead atoms. The van der Waals surface area contributed by atoms with Crippen molar-refractivity contribution in [1.29, 1.82) is 0 Å². The maximum Gasteiger partial charge on any atom is 0.508 e. The van der Waals surface area contributed by atoms with Crippen LogP contribution in [0.5, 0.6) is 0 Å². The van der Waals surface area contributed by atoms with Crippen LogP contribution in [0.3, 0.4) is 0 Å². The zero-order valence-corrected chi connectivity index (χ0v) is 12.0. The van der Waals surface area contributed by atoms with E-state index in [9.17, 15) is 9.59 Å². The van der Waals surface area contributed by atoms with Gasteiger partial charge in [0, 0.05) is 5.75 Å². The summed E-state index contributed by atoms with van der Waals surface area (Å²) in [6.45, 7) is 6.01. The lowest BCUT2D eigenvalue weighted by Gasteiger charge is -2.19. The average molecular weight is 274 g/mol. The van der Waals surface area contributed by atoms with Gasteiger partial charge in [-0.15, -0.1) is 4.58 Å². The Morgan fingerprint density at radius 3 is 2.50 bits per heavy atom. The first-order valence-electron chi connectivity index (χ1n) is 5.70. The van der Waals surface area contributed by atoms with Crippen LogP contribution in [0.25, 0.3) is 0 Å². The summed E-state index contributed by atoms with van der Waals surface area (Å²) in [6.07, 6.45) is -0.544. The summed E-state index contributed by atoms with van der Waals surface area (Å²) < 4.78 is 6.58. The Hall–Kier alpha value is -1.24. The minimum atomic E-state index is -0.602. The van der Waals surface area contributed by atoms with Gasteiger partial charge in [-0.1, -0.05) is 0 Å². The van der Waals surface area contributed by atoms with Gasteiger partial charge in [-0.3, -0.25) is 9.69 Å². The van der Waals surface area contributed by atoms with Crippen molar-refractivity contribution in [3.63, 3.8) is 0 Å². The molecule has 0 unspecified atom stereocenters. The highest BCUT2D eigenvalue weighted by Gasteiger charge is 2.33. The van der Waals surface area contributed by atoms with Crippen LogP contribution in [0.2, 0.25) is 0 Å². The minimum absolute atomic E-state index is 0.165. The molecule has 0 aliphatic carbocycles. The Balaban J connectivity index is 2.98. The van der Waals surface area contributed by atoms with Crippen LogP contribution >= 0.6 is 11.8 Å². The van der Waals surface area contributed by atoms with E-state index >= 15 is 0 Å². The molecule has 1 aliphatic rings. The fraction of sp³-hybridized carbons (Fsp3) is 0.727. The van der Waals surface area contributed by atoms with E-state index in [0.717, 1.165) is 12.3 Å². The highest BCUT2D eigenvalue weighted by molar-refractivity contribution is 8.13. The van der Waals surface area contributed by atoms with Gasteiger partial charge in [-0.05, 0) is 32.5 Å². The van der Waals surface area contributed by atoms with Crippen molar-refractivity contribution in [3.05, 3.63) is 0 Å². The fourth-order valence-corrected chi connectivity index (χ4v) is 2.60. The van der Waals surface area contributed by atoms with E-state index in [4.69, 9.17) is 10.5 Å². The van der Waals surface area contributed by atoms with Gasteiger partial charge in [0.1, 0.15) is 5.60 Å². The van der Waals surface area contributed by atoms with E-state index in [2.05, 4.69) is 0 Å². The van der Waals surface area contributed by atoms with Gasteiger partial charge < -0.3 is 10.5 Å². The van der Waals surface area contributed by atoms with Gasteiger partial charge >= 0.3 is 11.3 Å². The highest BCUT2D eigenvalue weighted by atomic mass is 32.2. The van der Waals surface area contributed by atoms with Crippen LogP contribution in [0.15, 0.2) is 0 Å². The summed E-state index contributed by atoms with van der Waals surface area (Å²) in [6, 6.07) is 0. The topological polar surface area (TPSA) is 75.6 Å². The Morgan fingerprint density at radius 2 is 2.11 bits per heavy atom. The number of carbonyl (C=O) groups is 2. The van der Waals surface area contributed by atoms with Crippen molar-refractivity contribution < 1.29 is 18.9 Å². The second-order valence-electron chi connectivity index (χ2n) is 5.09. The van der Waals surface area contributed by atoms with Crippen molar-refractivity contribution in [2.45, 2.75) is 26.4 Å². The molecule has 1 aliphatic heterocycles. The molecule has 1 heterocycles. The molecule has 2 N–H and O–H groups in total. The summed E-state index contributed by atoms with van der Waals surface area (Å²) in [5.41, 5.74) is 4.58. The number of hydrogen-bond donors (Lipinski definition) is 1. The van der Waals surface area contributed by atoms with Crippen molar-refractivity contribution in [2.75, 3.05) is 25.9 Å². The summed E-state index contributed by atoms with van der Waals surface area (Å²) in [5.74, 6) is 0.318. The van der Waals surface area contributed by atoms with Crippen LogP contribution in [0.1, 0.15) is 20.8 Å². The van der Waals surface area contributed by atoms with Crippen LogP contribution in [-0.4, -0.2) is 58.1 Å². The first-order chi connectivity index (χ1) is 8.20. The number of primary amides is 1. The van der Waals surface area contributed by atoms with Crippen molar-refractivity contribution in [3.8, 4) is 0 Å². The molecule has 102 valence electrons. The molecule has 1 rings (SSSR count). The molecule has 0 radical (unpaired) electrons. The van der Waals surface area contributed by atoms with E-state index in [-0.39, 0.29) is 6.54 Å². The average Bonchev–Trinajstić information content (AvgIpc) is 2.57. The molecule has 2 amide bonds. The normalized spacial score (nSPS) is 18.8. The van der Waals surface area contributed by atoms with Crippen LogP contribution < -0.4 is 5.73 Å². The third kappa shape index (κ3) is 4.21. The zero-order valence-electron chi connectivity index (χ0n) is 11.2. The molecule has 0 spiro atoms. The van der Waals surface area contributed by atoms with Gasteiger partial charge in [0.05, 0.1) is 13.6 Å². The number of nitrogens with two attached hydrogens (primary N) is 1. The molecule has 0 aromatic heterocycles. The first-order valence-corrected chi connectivity index (χ1v) is 6.69. The SMILES string of the molecule is CN1CCSC1=[N+](CC(N)=O)C(=O)OC(C)(C)C. The smallest absolute Gasteiger partial charge is 0.425 e. The summed E-state index contributed by atoms with van der Waals surface area (Å²) >= 11 is 1.51. The van der Waals surface area contributed by atoms with Gasteiger partial charge in [0.2, 0.25) is 0 Å². The molecular formula is C11H20N3O3S+. The lowest BCUT2D eigenvalue weighted by molar-refractivity contribution is -0.441. The standard InChI is InChI=1S/C11H19N3O3S/c1-11(2,3)17-10(16)14(7-8(12)15)9-13(4)5-6-18-9/h5-7H2,1-4H3,(H-,12,15)/p+1. The van der Waals surface area contributed by atoms with Crippen molar-refractivity contribution >= 4 is 28.9 Å². The number of rotatable bonds is 2. The fourth-order valence-electron chi connectivity index (χ4n) is 1.45. The van der Waals surface area contributed by atoms with E-state index in [1.807, 2.05) is 11.9 Å². The Kier molecular flexibility index (Phi) is 4.61. The van der Waals surface area contributed by atoms with Crippen molar-refractivity contribution in [1.82, 2.24) is 4.90 Å². The molecular weight excluding hydrogens is 254 g/mol. The summed E-state index contributed by atoms with van der Waals surface area (Å²) in [7, 11) is 1.87. The van der Waals surface area contributed by atoms with Crippen LogP contribution in [0.4, 0.5) is 4.79 Å². The van der Waals surface area contributed by atoms with E-state index < -0.39 is 17.6 Å². The molecule has 0 aromatic carbocycles. The minimum Gasteiger partial charge on any atom is -0.425 e. The largest absolute Gasteiger partial charge is 0.508 e. The molecule has 1 saturated heterocycles. The van der Waals surface area contributed by atoms with Crippen LogP contribution in [-0.2, 0) is 9.53 Å². The predicted octanol–water partition coefficient (Wildman–Crippen LogP) is 0.454. The van der Waals surface area contributed by atoms with Gasteiger partial charge in [-0.25, -0.2) is 0 Å². The van der Waals surface area contributed by atoms with Gasteiger partial charge in [0.25, 0.3) is 5.91 Å². The zero-order chi connectivity index (χ0) is 13.9. The molecule has 0 atom stereocenters. The molecule has 0 saturated carbocycles. The second kappa shape index (κ2) is 5.60. The number of amides is 2.